The second-order valence-electron chi connectivity index (χ2n) is 8.23. The highest BCUT2D eigenvalue weighted by Crippen LogP contribution is 2.27. The molecule has 0 saturated heterocycles. The SMILES string of the molecule is CCCCNC(=O)[C@@H](C)N(Cc1ccc(C)cc1)C(=O)CN(c1cc(Cl)cc(Cl)c1)S(C)(=O)=O. The Morgan fingerprint density at radius 2 is 1.65 bits per heavy atom. The highest BCUT2D eigenvalue weighted by atomic mass is 35.5. The summed E-state index contributed by atoms with van der Waals surface area (Å²) in [6.45, 7) is 5.75. The summed E-state index contributed by atoms with van der Waals surface area (Å²) in [5.74, 6) is -0.828. The maximum absolute atomic E-state index is 13.5. The fourth-order valence-corrected chi connectivity index (χ4v) is 4.65. The summed E-state index contributed by atoms with van der Waals surface area (Å²) in [4.78, 5) is 27.6. The van der Waals surface area contributed by atoms with Crippen LogP contribution in [0.1, 0.15) is 37.8 Å². The van der Waals surface area contributed by atoms with Crippen LogP contribution in [0.15, 0.2) is 42.5 Å². The number of hydrogen-bond acceptors (Lipinski definition) is 4. The van der Waals surface area contributed by atoms with Gasteiger partial charge in [0.25, 0.3) is 0 Å². The monoisotopic (exact) mass is 527 g/mol. The van der Waals surface area contributed by atoms with Gasteiger partial charge in [0.15, 0.2) is 0 Å². The first-order chi connectivity index (χ1) is 15.9. The van der Waals surface area contributed by atoms with Crippen LogP contribution in [-0.4, -0.2) is 50.5 Å². The minimum absolute atomic E-state index is 0.148. The van der Waals surface area contributed by atoms with E-state index in [0.717, 1.165) is 34.5 Å². The first-order valence-electron chi connectivity index (χ1n) is 11.0. The molecule has 0 aliphatic rings. The smallest absolute Gasteiger partial charge is 0.244 e. The molecule has 0 aliphatic carbocycles. The number of nitrogens with one attached hydrogen (secondary N) is 1. The number of nitrogens with zero attached hydrogens (tertiary/aromatic N) is 2. The summed E-state index contributed by atoms with van der Waals surface area (Å²) >= 11 is 12.1. The number of aryl methyl sites for hydroxylation is 1. The van der Waals surface area contributed by atoms with E-state index in [1.807, 2.05) is 38.1 Å². The molecule has 0 aromatic heterocycles. The lowest BCUT2D eigenvalue weighted by Crippen LogP contribution is -2.51. The Kier molecular flexibility index (Phi) is 10.2. The highest BCUT2D eigenvalue weighted by Gasteiger charge is 2.30. The van der Waals surface area contributed by atoms with Crippen molar-refractivity contribution in [2.75, 3.05) is 23.7 Å². The van der Waals surface area contributed by atoms with Gasteiger partial charge in [-0.1, -0.05) is 66.4 Å². The topological polar surface area (TPSA) is 86.8 Å². The molecule has 0 radical (unpaired) electrons. The van der Waals surface area contributed by atoms with Gasteiger partial charge in [0, 0.05) is 23.1 Å². The third-order valence-corrected chi connectivity index (χ3v) is 6.86. The van der Waals surface area contributed by atoms with Crippen LogP contribution in [0.4, 0.5) is 5.69 Å². The zero-order chi connectivity index (χ0) is 25.5. The zero-order valence-corrected chi connectivity index (χ0v) is 22.2. The Morgan fingerprint density at radius 1 is 1.06 bits per heavy atom. The van der Waals surface area contributed by atoms with Crippen molar-refractivity contribution in [1.29, 1.82) is 0 Å². The maximum Gasteiger partial charge on any atom is 0.244 e. The summed E-state index contributed by atoms with van der Waals surface area (Å²) in [6, 6.07) is 11.1. The molecule has 7 nitrogen and oxygen atoms in total. The van der Waals surface area contributed by atoms with Crippen molar-refractivity contribution in [3.05, 3.63) is 63.6 Å². The Bertz CT molecular complexity index is 1090. The van der Waals surface area contributed by atoms with Crippen molar-refractivity contribution in [2.24, 2.45) is 0 Å². The van der Waals surface area contributed by atoms with E-state index in [9.17, 15) is 18.0 Å². The lowest BCUT2D eigenvalue weighted by Gasteiger charge is -2.31. The van der Waals surface area contributed by atoms with Gasteiger partial charge < -0.3 is 10.2 Å². The second-order valence-corrected chi connectivity index (χ2v) is 11.0. The van der Waals surface area contributed by atoms with E-state index in [1.54, 1.807) is 6.92 Å². The van der Waals surface area contributed by atoms with Gasteiger partial charge in [-0.2, -0.15) is 0 Å². The number of benzene rings is 2. The van der Waals surface area contributed by atoms with Crippen LogP contribution < -0.4 is 9.62 Å². The molecule has 2 aromatic rings. The lowest BCUT2D eigenvalue weighted by molar-refractivity contribution is -0.139. The summed E-state index contributed by atoms with van der Waals surface area (Å²) in [5.41, 5.74) is 2.06. The van der Waals surface area contributed by atoms with Gasteiger partial charge in [0.05, 0.1) is 11.9 Å². The molecule has 34 heavy (non-hydrogen) atoms. The quantitative estimate of drug-likeness (QED) is 0.438. The average molecular weight is 529 g/mol. The molecule has 0 heterocycles. The number of unbranched alkanes of at least 4 members (excludes halogenated alkanes) is 1. The predicted molar refractivity (Wildman–Crippen MR) is 138 cm³/mol. The van der Waals surface area contributed by atoms with E-state index in [1.165, 1.54) is 23.1 Å². The molecule has 10 heteroatoms. The minimum Gasteiger partial charge on any atom is -0.354 e. The molecular formula is C24H31Cl2N3O4S. The molecule has 0 fully saturated rings. The van der Waals surface area contributed by atoms with Gasteiger partial charge in [-0.25, -0.2) is 8.42 Å². The number of carbonyl (C=O) groups is 2. The average Bonchev–Trinajstić information content (AvgIpc) is 2.75. The van der Waals surface area contributed by atoms with E-state index < -0.39 is 28.5 Å². The van der Waals surface area contributed by atoms with Gasteiger partial charge >= 0.3 is 0 Å². The van der Waals surface area contributed by atoms with Crippen LogP contribution >= 0.6 is 23.2 Å². The van der Waals surface area contributed by atoms with E-state index >= 15 is 0 Å². The molecule has 0 unspecified atom stereocenters. The van der Waals surface area contributed by atoms with Crippen LogP contribution in [0, 0.1) is 6.92 Å². The number of hydrogen-bond donors (Lipinski definition) is 1. The molecule has 2 rings (SSSR count). The summed E-state index contributed by atoms with van der Waals surface area (Å²) < 4.78 is 26.1. The summed E-state index contributed by atoms with van der Waals surface area (Å²) in [6.07, 6.45) is 2.74. The van der Waals surface area contributed by atoms with Crippen LogP contribution in [0.5, 0.6) is 0 Å². The number of halogens is 2. The highest BCUT2D eigenvalue weighted by molar-refractivity contribution is 7.92. The molecular weight excluding hydrogens is 497 g/mol. The van der Waals surface area contributed by atoms with E-state index in [2.05, 4.69) is 5.32 Å². The molecule has 1 atom stereocenters. The molecule has 2 amide bonds. The number of anilines is 1. The fraction of sp³-hybridized carbons (Fsp3) is 0.417. The third kappa shape index (κ3) is 8.18. The Hall–Kier alpha value is -2.29. The largest absolute Gasteiger partial charge is 0.354 e. The molecule has 1 N–H and O–H groups in total. The number of sulfonamides is 1. The summed E-state index contributed by atoms with van der Waals surface area (Å²) in [5, 5.41) is 3.32. The fourth-order valence-electron chi connectivity index (χ4n) is 3.31. The molecule has 0 bridgehead atoms. The Balaban J connectivity index is 2.37. The van der Waals surface area contributed by atoms with E-state index in [4.69, 9.17) is 23.2 Å². The van der Waals surface area contributed by atoms with Crippen LogP contribution in [0.25, 0.3) is 0 Å². The lowest BCUT2D eigenvalue weighted by atomic mass is 10.1. The van der Waals surface area contributed by atoms with Crippen molar-refractivity contribution < 1.29 is 18.0 Å². The second kappa shape index (κ2) is 12.4. The Labute approximate surface area is 212 Å². The maximum atomic E-state index is 13.5. The van der Waals surface area contributed by atoms with Crippen molar-refractivity contribution in [3.63, 3.8) is 0 Å². The predicted octanol–water partition coefficient (Wildman–Crippen LogP) is 4.40. The number of rotatable bonds is 11. The first kappa shape index (κ1) is 28.0. The molecule has 2 aromatic carbocycles. The zero-order valence-electron chi connectivity index (χ0n) is 19.8. The van der Waals surface area contributed by atoms with Gasteiger partial charge in [-0.3, -0.25) is 13.9 Å². The van der Waals surface area contributed by atoms with Crippen LogP contribution in [0.3, 0.4) is 0 Å². The number of amides is 2. The summed E-state index contributed by atoms with van der Waals surface area (Å²) in [7, 11) is -3.85. The van der Waals surface area contributed by atoms with Crippen LogP contribution in [-0.2, 0) is 26.2 Å². The van der Waals surface area contributed by atoms with Crippen molar-refractivity contribution >= 4 is 50.7 Å². The molecule has 0 aliphatic heterocycles. The Morgan fingerprint density at radius 3 is 2.18 bits per heavy atom. The molecule has 0 saturated carbocycles. The third-order valence-electron chi connectivity index (χ3n) is 5.28. The molecule has 0 spiro atoms. The number of carbonyl (C=O) groups excluding carboxylic acids is 2. The normalized spacial score (nSPS) is 12.2. The van der Waals surface area contributed by atoms with Crippen molar-refractivity contribution in [2.45, 2.75) is 46.2 Å². The van der Waals surface area contributed by atoms with Gasteiger partial charge in [0.1, 0.15) is 12.6 Å². The standard InChI is InChI=1S/C24H31Cl2N3O4S/c1-5-6-11-27-24(31)18(3)28(15-19-9-7-17(2)8-10-19)23(30)16-29(34(4,32)33)22-13-20(25)12-21(26)14-22/h7-10,12-14,18H,5-6,11,15-16H2,1-4H3,(H,27,31)/t18-/m1/s1. The van der Waals surface area contributed by atoms with Crippen LogP contribution in [0.2, 0.25) is 10.0 Å². The minimum atomic E-state index is -3.85. The van der Waals surface area contributed by atoms with Crippen molar-refractivity contribution in [1.82, 2.24) is 10.2 Å². The van der Waals surface area contributed by atoms with E-state index in [-0.39, 0.29) is 28.2 Å². The van der Waals surface area contributed by atoms with Gasteiger partial charge in [-0.05, 0) is 44.0 Å². The van der Waals surface area contributed by atoms with E-state index in [0.29, 0.717) is 6.54 Å². The van der Waals surface area contributed by atoms with Gasteiger partial charge in [-0.15, -0.1) is 0 Å². The first-order valence-corrected chi connectivity index (χ1v) is 13.6. The van der Waals surface area contributed by atoms with Gasteiger partial charge in [0.2, 0.25) is 21.8 Å². The van der Waals surface area contributed by atoms with Crippen molar-refractivity contribution in [3.8, 4) is 0 Å². The molecule has 186 valence electrons.